The van der Waals surface area contributed by atoms with E-state index >= 15 is 0 Å². The van der Waals surface area contributed by atoms with Crippen molar-refractivity contribution >= 4 is 0 Å². The average Bonchev–Trinajstić information content (AvgIpc) is 2.61. The maximum absolute atomic E-state index is 11.8. The van der Waals surface area contributed by atoms with E-state index in [0.29, 0.717) is 5.82 Å². The lowest BCUT2D eigenvalue weighted by atomic mass is 9.94. The van der Waals surface area contributed by atoms with Crippen LogP contribution < -0.4 is 15.0 Å². The summed E-state index contributed by atoms with van der Waals surface area (Å²) in [6.45, 7) is 6.59. The summed E-state index contributed by atoms with van der Waals surface area (Å²) >= 11 is 0. The molecule has 0 aliphatic carbocycles. The number of aromatic nitrogens is 2. The second-order valence-corrected chi connectivity index (χ2v) is 6.92. The van der Waals surface area contributed by atoms with Crippen molar-refractivity contribution in [2.24, 2.45) is 0 Å². The molecule has 1 aromatic carbocycles. The molecule has 0 spiro atoms. The van der Waals surface area contributed by atoms with Crippen LogP contribution in [0.25, 0.3) is 0 Å². The van der Waals surface area contributed by atoms with Gasteiger partial charge in [-0.2, -0.15) is 0 Å². The molecule has 6 heteroatoms. The molecule has 1 aromatic heterocycles. The van der Waals surface area contributed by atoms with E-state index in [1.807, 2.05) is 19.9 Å². The van der Waals surface area contributed by atoms with E-state index in [1.54, 1.807) is 20.3 Å². The lowest BCUT2D eigenvalue weighted by molar-refractivity contribution is 0.196. The van der Waals surface area contributed by atoms with E-state index < -0.39 is 0 Å². The topological polar surface area (TPSA) is 67.5 Å². The van der Waals surface area contributed by atoms with Crippen LogP contribution >= 0.6 is 0 Å². The van der Waals surface area contributed by atoms with Gasteiger partial charge < -0.3 is 14.5 Å². The predicted molar refractivity (Wildman–Crippen MR) is 101 cm³/mol. The normalized spacial score (nSPS) is 17.9. The van der Waals surface area contributed by atoms with Crippen molar-refractivity contribution in [1.29, 1.82) is 0 Å². The highest BCUT2D eigenvalue weighted by atomic mass is 16.5. The van der Waals surface area contributed by atoms with Crippen molar-refractivity contribution in [3.05, 3.63) is 51.2 Å². The third kappa shape index (κ3) is 3.90. The molecule has 140 valence electrons. The molecule has 6 nitrogen and oxygen atoms in total. The molecular weight excluding hydrogens is 330 g/mol. The zero-order chi connectivity index (χ0) is 18.7. The zero-order valence-corrected chi connectivity index (χ0v) is 16.0. The van der Waals surface area contributed by atoms with E-state index in [2.05, 4.69) is 20.9 Å². The highest BCUT2D eigenvalue weighted by Crippen LogP contribution is 2.33. The lowest BCUT2D eigenvalue weighted by Crippen LogP contribution is -2.34. The standard InChI is InChI=1S/C20H27N3O3/c1-13-18(25-3)8-7-16(20(13)26-4)12-23-9-5-6-15(11-23)17-10-19(24)22-14(2)21-17/h7-8,10,15H,5-6,9,11-12H2,1-4H3,(H,21,22,24)/t15-/m0/s1. The molecule has 26 heavy (non-hydrogen) atoms. The Morgan fingerprint density at radius 1 is 1.27 bits per heavy atom. The van der Waals surface area contributed by atoms with Gasteiger partial charge >= 0.3 is 0 Å². The maximum atomic E-state index is 11.8. The zero-order valence-electron chi connectivity index (χ0n) is 16.0. The largest absolute Gasteiger partial charge is 0.496 e. The summed E-state index contributed by atoms with van der Waals surface area (Å²) < 4.78 is 11.0. The number of nitrogens with one attached hydrogen (secondary N) is 1. The molecule has 1 N–H and O–H groups in total. The van der Waals surface area contributed by atoms with E-state index in [9.17, 15) is 4.79 Å². The van der Waals surface area contributed by atoms with Crippen LogP contribution in [0, 0.1) is 13.8 Å². The molecule has 2 heterocycles. The quantitative estimate of drug-likeness (QED) is 0.891. The minimum Gasteiger partial charge on any atom is -0.496 e. The average molecular weight is 357 g/mol. The van der Waals surface area contributed by atoms with Crippen molar-refractivity contribution in [3.8, 4) is 11.5 Å². The maximum Gasteiger partial charge on any atom is 0.251 e. The highest BCUT2D eigenvalue weighted by Gasteiger charge is 2.24. The number of nitrogens with zero attached hydrogens (tertiary/aromatic N) is 2. The van der Waals surface area contributed by atoms with Crippen molar-refractivity contribution in [3.63, 3.8) is 0 Å². The molecule has 1 aliphatic rings. The molecule has 1 atom stereocenters. The van der Waals surface area contributed by atoms with Gasteiger partial charge in [0.1, 0.15) is 17.3 Å². The van der Waals surface area contributed by atoms with E-state index in [0.717, 1.165) is 60.8 Å². The Bertz CT molecular complexity index is 832. The Morgan fingerprint density at radius 2 is 2.08 bits per heavy atom. The van der Waals surface area contributed by atoms with Gasteiger partial charge in [0.05, 0.1) is 19.9 Å². The SMILES string of the molecule is COc1ccc(CN2CCC[C@H](c3cc(=O)[nH]c(C)n3)C2)c(OC)c1C. The molecule has 0 unspecified atom stereocenters. The first-order valence-corrected chi connectivity index (χ1v) is 9.02. The summed E-state index contributed by atoms with van der Waals surface area (Å²) in [6, 6.07) is 5.71. The second kappa shape index (κ2) is 7.91. The Kier molecular flexibility index (Phi) is 5.61. The van der Waals surface area contributed by atoms with Gasteiger partial charge in [-0.05, 0) is 39.3 Å². The van der Waals surface area contributed by atoms with Gasteiger partial charge in [-0.1, -0.05) is 6.07 Å². The minimum absolute atomic E-state index is 0.0722. The molecule has 0 radical (unpaired) electrons. The number of H-pyrrole nitrogens is 1. The smallest absolute Gasteiger partial charge is 0.251 e. The van der Waals surface area contributed by atoms with Crippen LogP contribution in [0.5, 0.6) is 11.5 Å². The first-order valence-electron chi connectivity index (χ1n) is 9.02. The summed E-state index contributed by atoms with van der Waals surface area (Å²) in [7, 11) is 3.38. The van der Waals surface area contributed by atoms with E-state index in [1.165, 1.54) is 0 Å². The van der Waals surface area contributed by atoms with Gasteiger partial charge in [0.2, 0.25) is 0 Å². The summed E-state index contributed by atoms with van der Waals surface area (Å²) in [5.41, 5.74) is 3.00. The predicted octanol–water partition coefficient (Wildman–Crippen LogP) is 2.78. The Labute approximate surface area is 154 Å². The fourth-order valence-corrected chi connectivity index (χ4v) is 3.85. The van der Waals surface area contributed by atoms with Crippen LogP contribution in [0.2, 0.25) is 0 Å². The number of rotatable bonds is 5. The molecule has 1 fully saturated rings. The van der Waals surface area contributed by atoms with Crippen molar-refractivity contribution in [2.45, 2.75) is 39.2 Å². The van der Waals surface area contributed by atoms with Gasteiger partial charge in [-0.25, -0.2) is 4.98 Å². The molecule has 0 saturated carbocycles. The number of hydrogen-bond acceptors (Lipinski definition) is 5. The van der Waals surface area contributed by atoms with Crippen molar-refractivity contribution < 1.29 is 9.47 Å². The van der Waals surface area contributed by atoms with E-state index in [-0.39, 0.29) is 11.5 Å². The summed E-state index contributed by atoms with van der Waals surface area (Å²) in [6.07, 6.45) is 2.15. The molecule has 0 amide bonds. The number of aryl methyl sites for hydroxylation is 1. The summed E-state index contributed by atoms with van der Waals surface area (Å²) in [5, 5.41) is 0. The number of methoxy groups -OCH3 is 2. The third-order valence-electron chi connectivity index (χ3n) is 5.06. The van der Waals surface area contributed by atoms with Gasteiger partial charge in [-0.3, -0.25) is 9.69 Å². The van der Waals surface area contributed by atoms with Gasteiger partial charge in [0.25, 0.3) is 5.56 Å². The number of benzene rings is 1. The third-order valence-corrected chi connectivity index (χ3v) is 5.06. The number of likely N-dealkylation sites (tertiary alicyclic amines) is 1. The van der Waals surface area contributed by atoms with Crippen LogP contribution in [0.15, 0.2) is 23.0 Å². The molecule has 1 saturated heterocycles. The summed E-state index contributed by atoms with van der Waals surface area (Å²) in [5.74, 6) is 2.69. The molecule has 1 aliphatic heterocycles. The number of hydrogen-bond donors (Lipinski definition) is 1. The monoisotopic (exact) mass is 357 g/mol. The second-order valence-electron chi connectivity index (χ2n) is 6.92. The van der Waals surface area contributed by atoms with Crippen LogP contribution in [-0.4, -0.2) is 42.2 Å². The van der Waals surface area contributed by atoms with Crippen molar-refractivity contribution in [1.82, 2.24) is 14.9 Å². The van der Waals surface area contributed by atoms with Gasteiger partial charge in [0.15, 0.2) is 0 Å². The molecule has 0 bridgehead atoms. The van der Waals surface area contributed by atoms with Gasteiger partial charge in [0, 0.05) is 36.2 Å². The molecular formula is C20H27N3O3. The van der Waals surface area contributed by atoms with E-state index in [4.69, 9.17) is 9.47 Å². The van der Waals surface area contributed by atoms with Crippen molar-refractivity contribution in [2.75, 3.05) is 27.3 Å². The Balaban J connectivity index is 1.78. The molecule has 3 rings (SSSR count). The Morgan fingerprint density at radius 3 is 2.77 bits per heavy atom. The highest BCUT2D eigenvalue weighted by molar-refractivity contribution is 5.49. The minimum atomic E-state index is -0.0722. The lowest BCUT2D eigenvalue weighted by Gasteiger charge is -2.33. The fourth-order valence-electron chi connectivity index (χ4n) is 3.85. The first kappa shape index (κ1) is 18.5. The van der Waals surface area contributed by atoms with Crippen LogP contribution in [0.1, 0.15) is 41.4 Å². The molecule has 2 aromatic rings. The van der Waals surface area contributed by atoms with Crippen LogP contribution in [-0.2, 0) is 6.54 Å². The number of ether oxygens (including phenoxy) is 2. The summed E-state index contributed by atoms with van der Waals surface area (Å²) in [4.78, 5) is 21.5. The number of piperidine rings is 1. The van der Waals surface area contributed by atoms with Crippen LogP contribution in [0.4, 0.5) is 0 Å². The first-order chi connectivity index (χ1) is 12.5. The van der Waals surface area contributed by atoms with Crippen LogP contribution in [0.3, 0.4) is 0 Å². The van der Waals surface area contributed by atoms with Gasteiger partial charge in [-0.15, -0.1) is 0 Å². The number of aromatic amines is 1. The Hall–Kier alpha value is -2.34. The fraction of sp³-hybridized carbons (Fsp3) is 0.500.